The number of unbranched alkanes of at least 4 members (excludes halogenated alkanes) is 1. The summed E-state index contributed by atoms with van der Waals surface area (Å²) in [7, 11) is -4.13. The van der Waals surface area contributed by atoms with Gasteiger partial charge >= 0.3 is 0 Å². The fraction of sp³-hybridized carbons (Fsp3) is 0.348. The maximum absolute atomic E-state index is 13.4. The van der Waals surface area contributed by atoms with Gasteiger partial charge in [0, 0.05) is 24.5 Å². The molecule has 0 saturated carbocycles. The molecule has 1 heterocycles. The lowest BCUT2D eigenvalue weighted by Gasteiger charge is -2.16. The summed E-state index contributed by atoms with van der Waals surface area (Å²) in [6.07, 6.45) is 1.64. The first-order valence-corrected chi connectivity index (χ1v) is 11.8. The molecule has 7 nitrogen and oxygen atoms in total. The van der Waals surface area contributed by atoms with E-state index in [0.717, 1.165) is 30.3 Å². The van der Waals surface area contributed by atoms with Crippen molar-refractivity contribution in [2.45, 2.75) is 50.7 Å². The Bertz CT molecular complexity index is 1170. The van der Waals surface area contributed by atoms with Crippen molar-refractivity contribution in [2.24, 2.45) is 5.73 Å². The lowest BCUT2D eigenvalue weighted by molar-refractivity contribution is 0.234. The van der Waals surface area contributed by atoms with Crippen molar-refractivity contribution in [1.29, 1.82) is 0 Å². The lowest BCUT2D eigenvalue weighted by Crippen LogP contribution is -2.30. The standard InChI is InChI=1S/C23H27FN2O5S/c1-3-4-5-22-26-20-11-8-18(14-21(20)30-22)29-13-12-17(15-24)23(25)31-32(27,28)19-9-6-16(2)7-10-19/h6-11,14-15,23H,3-5,12-13,25H2,1-2H3. The highest BCUT2D eigenvalue weighted by Crippen LogP contribution is 2.23. The highest BCUT2D eigenvalue weighted by atomic mass is 32.2. The second-order valence-electron chi connectivity index (χ2n) is 7.41. The van der Waals surface area contributed by atoms with Crippen molar-refractivity contribution in [3.63, 3.8) is 0 Å². The zero-order valence-corrected chi connectivity index (χ0v) is 18.9. The van der Waals surface area contributed by atoms with Crippen LogP contribution in [0.25, 0.3) is 11.1 Å². The summed E-state index contributed by atoms with van der Waals surface area (Å²) < 4.78 is 54.5. The Morgan fingerprint density at radius 3 is 2.69 bits per heavy atom. The van der Waals surface area contributed by atoms with Gasteiger partial charge in [-0.25, -0.2) is 13.6 Å². The predicted octanol–water partition coefficient (Wildman–Crippen LogP) is 4.79. The topological polar surface area (TPSA) is 105 Å². The van der Waals surface area contributed by atoms with Crippen molar-refractivity contribution in [3.05, 3.63) is 65.8 Å². The Labute approximate surface area is 187 Å². The van der Waals surface area contributed by atoms with Crippen molar-refractivity contribution in [1.82, 2.24) is 4.98 Å². The number of hydrogen-bond donors (Lipinski definition) is 1. The summed E-state index contributed by atoms with van der Waals surface area (Å²) in [6, 6.07) is 11.3. The van der Waals surface area contributed by atoms with Crippen LogP contribution in [0.2, 0.25) is 0 Å². The van der Waals surface area contributed by atoms with Gasteiger partial charge in [-0.1, -0.05) is 31.0 Å². The number of nitrogens with zero attached hydrogens (tertiary/aromatic N) is 1. The van der Waals surface area contributed by atoms with Crippen LogP contribution in [0.15, 0.2) is 63.7 Å². The maximum Gasteiger partial charge on any atom is 0.298 e. The normalized spacial score (nSPS) is 13.4. The summed E-state index contributed by atoms with van der Waals surface area (Å²) in [5.74, 6) is 1.20. The number of hydrogen-bond acceptors (Lipinski definition) is 7. The fourth-order valence-electron chi connectivity index (χ4n) is 2.98. The second-order valence-corrected chi connectivity index (χ2v) is 8.98. The van der Waals surface area contributed by atoms with Crippen LogP contribution in [0.5, 0.6) is 5.75 Å². The van der Waals surface area contributed by atoms with Crippen LogP contribution < -0.4 is 10.5 Å². The number of rotatable bonds is 11. The minimum Gasteiger partial charge on any atom is -0.493 e. The van der Waals surface area contributed by atoms with Crippen molar-refractivity contribution in [3.8, 4) is 5.75 Å². The van der Waals surface area contributed by atoms with Gasteiger partial charge in [0.05, 0.1) is 17.8 Å². The molecule has 0 amide bonds. The van der Waals surface area contributed by atoms with Crippen LogP contribution in [0.4, 0.5) is 4.39 Å². The van der Waals surface area contributed by atoms with Crippen molar-refractivity contribution >= 4 is 21.2 Å². The molecule has 0 aliphatic rings. The van der Waals surface area contributed by atoms with Gasteiger partial charge in [0.1, 0.15) is 17.5 Å². The molecule has 2 aromatic carbocycles. The van der Waals surface area contributed by atoms with E-state index in [2.05, 4.69) is 11.9 Å². The van der Waals surface area contributed by atoms with Crippen molar-refractivity contribution in [2.75, 3.05) is 6.61 Å². The summed E-state index contributed by atoms with van der Waals surface area (Å²) in [6.45, 7) is 4.00. The third kappa shape index (κ3) is 6.15. The van der Waals surface area contributed by atoms with Crippen LogP contribution in [0, 0.1) is 6.92 Å². The SMILES string of the molecule is CCCCc1nc2ccc(OCCC(=CF)C(N)OS(=O)(=O)c3ccc(C)cc3)cc2o1. The summed E-state index contributed by atoms with van der Waals surface area (Å²) in [5, 5.41) is 0. The predicted molar refractivity (Wildman–Crippen MR) is 119 cm³/mol. The number of ether oxygens (including phenoxy) is 1. The number of fused-ring (bicyclic) bond motifs is 1. The van der Waals surface area contributed by atoms with E-state index in [4.69, 9.17) is 19.1 Å². The molecule has 0 bridgehead atoms. The average Bonchev–Trinajstić information content (AvgIpc) is 3.17. The zero-order chi connectivity index (χ0) is 23.1. The Balaban J connectivity index is 1.57. The van der Waals surface area contributed by atoms with E-state index in [1.54, 1.807) is 30.3 Å². The largest absolute Gasteiger partial charge is 0.493 e. The van der Waals surface area contributed by atoms with Crippen LogP contribution in [0.3, 0.4) is 0 Å². The van der Waals surface area contributed by atoms with Crippen molar-refractivity contribution < 1.29 is 26.1 Å². The number of oxazole rings is 1. The smallest absolute Gasteiger partial charge is 0.298 e. The molecule has 0 spiro atoms. The summed E-state index contributed by atoms with van der Waals surface area (Å²) in [4.78, 5) is 4.38. The molecular weight excluding hydrogens is 435 g/mol. The molecule has 1 aromatic heterocycles. The van der Waals surface area contributed by atoms with Crippen LogP contribution in [-0.4, -0.2) is 26.2 Å². The molecule has 0 radical (unpaired) electrons. The Morgan fingerprint density at radius 1 is 1.25 bits per heavy atom. The van der Waals surface area contributed by atoms with E-state index in [1.807, 2.05) is 6.92 Å². The first kappa shape index (κ1) is 23.9. The Hall–Kier alpha value is -2.75. The monoisotopic (exact) mass is 462 g/mol. The number of nitrogens with two attached hydrogens (primary N) is 1. The Morgan fingerprint density at radius 2 is 2.00 bits per heavy atom. The molecule has 0 aliphatic heterocycles. The quantitative estimate of drug-likeness (QED) is 0.323. The molecule has 0 aliphatic carbocycles. The van der Waals surface area contributed by atoms with Crippen LogP contribution in [-0.2, 0) is 20.7 Å². The van der Waals surface area contributed by atoms with Gasteiger partial charge in [-0.3, -0.25) is 0 Å². The van der Waals surface area contributed by atoms with Gasteiger partial charge in [-0.05, 0) is 37.6 Å². The number of benzene rings is 2. The van der Waals surface area contributed by atoms with Crippen LogP contribution >= 0.6 is 0 Å². The fourth-order valence-corrected chi connectivity index (χ4v) is 3.96. The van der Waals surface area contributed by atoms with Crippen LogP contribution in [0.1, 0.15) is 37.6 Å². The van der Waals surface area contributed by atoms with Gasteiger partial charge in [0.25, 0.3) is 10.1 Å². The molecule has 0 fully saturated rings. The minimum absolute atomic E-state index is 0.0386. The highest BCUT2D eigenvalue weighted by molar-refractivity contribution is 7.86. The molecule has 1 atom stereocenters. The lowest BCUT2D eigenvalue weighted by atomic mass is 10.2. The summed E-state index contributed by atoms with van der Waals surface area (Å²) >= 11 is 0. The molecule has 32 heavy (non-hydrogen) atoms. The van der Waals surface area contributed by atoms with E-state index in [-0.39, 0.29) is 29.8 Å². The van der Waals surface area contributed by atoms with Gasteiger partial charge in [-0.2, -0.15) is 8.42 Å². The van der Waals surface area contributed by atoms with Gasteiger partial charge in [0.15, 0.2) is 11.5 Å². The molecule has 172 valence electrons. The highest BCUT2D eigenvalue weighted by Gasteiger charge is 2.22. The molecule has 9 heteroatoms. The number of aryl methyl sites for hydroxylation is 2. The molecule has 3 aromatic rings. The van der Waals surface area contributed by atoms with Gasteiger partial charge in [0.2, 0.25) is 0 Å². The molecule has 1 unspecified atom stereocenters. The first-order valence-electron chi connectivity index (χ1n) is 10.4. The molecule has 3 rings (SSSR count). The average molecular weight is 463 g/mol. The minimum atomic E-state index is -4.13. The zero-order valence-electron chi connectivity index (χ0n) is 18.1. The van der Waals surface area contributed by atoms with E-state index in [1.165, 1.54) is 12.1 Å². The molecule has 2 N–H and O–H groups in total. The van der Waals surface area contributed by atoms with E-state index in [0.29, 0.717) is 17.2 Å². The van der Waals surface area contributed by atoms with E-state index in [9.17, 15) is 12.8 Å². The molecule has 0 saturated heterocycles. The maximum atomic E-state index is 13.4. The number of halogens is 1. The summed E-state index contributed by atoms with van der Waals surface area (Å²) in [5.41, 5.74) is 8.00. The second kappa shape index (κ2) is 10.7. The van der Waals surface area contributed by atoms with E-state index >= 15 is 0 Å². The first-order chi connectivity index (χ1) is 15.3. The molecular formula is C23H27FN2O5S. The number of aromatic nitrogens is 1. The van der Waals surface area contributed by atoms with E-state index < -0.39 is 16.3 Å². The Kier molecular flexibility index (Phi) is 8.00. The van der Waals surface area contributed by atoms with Gasteiger partial charge < -0.3 is 14.9 Å². The van der Waals surface area contributed by atoms with Gasteiger partial charge in [-0.15, -0.1) is 0 Å². The third-order valence-corrected chi connectivity index (χ3v) is 6.16. The third-order valence-electron chi connectivity index (χ3n) is 4.85.